The normalized spacial score (nSPS) is 24.9. The summed E-state index contributed by atoms with van der Waals surface area (Å²) in [5.41, 5.74) is 1.04. The lowest BCUT2D eigenvalue weighted by molar-refractivity contribution is -0.134. The van der Waals surface area contributed by atoms with Gasteiger partial charge in [0.05, 0.1) is 0 Å². The quantitative estimate of drug-likeness (QED) is 0.892. The summed E-state index contributed by atoms with van der Waals surface area (Å²) in [5.74, 6) is 0.944. The van der Waals surface area contributed by atoms with Crippen molar-refractivity contribution in [2.75, 3.05) is 26.2 Å². The maximum absolute atomic E-state index is 12.7. The molecule has 2 atom stereocenters. The Morgan fingerprint density at radius 3 is 3.05 bits per heavy atom. The lowest BCUT2D eigenvalue weighted by Crippen LogP contribution is -2.44. The maximum Gasteiger partial charge on any atom is 0.234 e. The molecule has 2 unspecified atom stereocenters. The molecule has 1 aromatic carbocycles. The number of likely N-dealkylation sites (N-methyl/N-ethyl adjacent to an activating group) is 1. The van der Waals surface area contributed by atoms with E-state index in [0.29, 0.717) is 12.6 Å². The summed E-state index contributed by atoms with van der Waals surface area (Å²) in [4.78, 5) is 14.8. The summed E-state index contributed by atoms with van der Waals surface area (Å²) >= 11 is 0. The zero-order chi connectivity index (χ0) is 13.2. The van der Waals surface area contributed by atoms with Crippen LogP contribution in [0.4, 0.5) is 0 Å². The first kappa shape index (κ1) is 12.5. The zero-order valence-corrected chi connectivity index (χ0v) is 11.3. The van der Waals surface area contributed by atoms with Gasteiger partial charge in [-0.2, -0.15) is 0 Å². The fourth-order valence-corrected chi connectivity index (χ4v) is 3.07. The highest BCUT2D eigenvalue weighted by molar-refractivity contribution is 5.86. The van der Waals surface area contributed by atoms with Gasteiger partial charge in [0.25, 0.3) is 0 Å². The predicted octanol–water partition coefficient (Wildman–Crippen LogP) is 1.37. The van der Waals surface area contributed by atoms with E-state index in [1.165, 1.54) is 0 Å². The molecule has 1 fully saturated rings. The van der Waals surface area contributed by atoms with Crippen LogP contribution in [0.2, 0.25) is 0 Å². The molecular weight excluding hydrogens is 240 g/mol. The Hall–Kier alpha value is -1.55. The monoisotopic (exact) mass is 260 g/mol. The van der Waals surface area contributed by atoms with Gasteiger partial charge >= 0.3 is 0 Å². The van der Waals surface area contributed by atoms with Gasteiger partial charge in [0, 0.05) is 24.7 Å². The van der Waals surface area contributed by atoms with Crippen molar-refractivity contribution in [3.05, 3.63) is 29.8 Å². The van der Waals surface area contributed by atoms with Crippen LogP contribution in [0.5, 0.6) is 5.75 Å². The summed E-state index contributed by atoms with van der Waals surface area (Å²) in [7, 11) is 0. The van der Waals surface area contributed by atoms with Gasteiger partial charge < -0.3 is 15.0 Å². The van der Waals surface area contributed by atoms with Gasteiger partial charge in [-0.3, -0.25) is 4.79 Å². The Morgan fingerprint density at radius 2 is 2.32 bits per heavy atom. The van der Waals surface area contributed by atoms with Crippen molar-refractivity contribution < 1.29 is 9.53 Å². The molecule has 0 spiro atoms. The molecule has 1 aromatic rings. The molecule has 1 N–H and O–H groups in total. The molecule has 0 aliphatic carbocycles. The van der Waals surface area contributed by atoms with Gasteiger partial charge in [0.2, 0.25) is 5.91 Å². The van der Waals surface area contributed by atoms with Crippen LogP contribution in [0.25, 0.3) is 0 Å². The largest absolute Gasteiger partial charge is 0.492 e. The van der Waals surface area contributed by atoms with Crippen LogP contribution in [0.15, 0.2) is 24.3 Å². The lowest BCUT2D eigenvalue weighted by atomic mass is 9.99. The first-order valence-electron chi connectivity index (χ1n) is 7.04. The van der Waals surface area contributed by atoms with Crippen molar-refractivity contribution in [1.29, 1.82) is 0 Å². The van der Waals surface area contributed by atoms with Gasteiger partial charge in [-0.15, -0.1) is 0 Å². The molecule has 19 heavy (non-hydrogen) atoms. The standard InChI is InChI=1S/C15H20N2O2/c1-2-17(11-7-8-16-9-11)15(18)13-10-19-14-6-4-3-5-12(13)14/h3-6,11,13,16H,2,7-10H2,1H3. The Balaban J connectivity index is 1.80. The average Bonchev–Trinajstić information content (AvgIpc) is 3.08. The molecule has 2 heterocycles. The first-order chi connectivity index (χ1) is 9.31. The lowest BCUT2D eigenvalue weighted by Gasteiger charge is -2.29. The number of amides is 1. The van der Waals surface area contributed by atoms with Gasteiger partial charge in [-0.25, -0.2) is 0 Å². The second-order valence-electron chi connectivity index (χ2n) is 5.17. The number of ether oxygens (including phenoxy) is 1. The molecule has 0 aromatic heterocycles. The molecule has 2 aliphatic rings. The predicted molar refractivity (Wildman–Crippen MR) is 73.3 cm³/mol. The number of hydrogen-bond acceptors (Lipinski definition) is 3. The molecule has 4 heteroatoms. The fraction of sp³-hybridized carbons (Fsp3) is 0.533. The summed E-state index contributed by atoms with van der Waals surface area (Å²) in [6, 6.07) is 8.21. The van der Waals surface area contributed by atoms with Crippen LogP contribution < -0.4 is 10.1 Å². The second kappa shape index (κ2) is 5.21. The summed E-state index contributed by atoms with van der Waals surface area (Å²) in [5, 5.41) is 3.33. The molecule has 3 rings (SSSR count). The van der Waals surface area contributed by atoms with E-state index >= 15 is 0 Å². The SMILES string of the molecule is CCN(C(=O)C1COc2ccccc21)C1CCNC1. The van der Waals surface area contributed by atoms with Crippen LogP contribution in [-0.4, -0.2) is 43.1 Å². The van der Waals surface area contributed by atoms with E-state index in [-0.39, 0.29) is 11.8 Å². The van der Waals surface area contributed by atoms with Crippen molar-refractivity contribution in [3.63, 3.8) is 0 Å². The van der Waals surface area contributed by atoms with E-state index in [9.17, 15) is 4.79 Å². The summed E-state index contributed by atoms with van der Waals surface area (Å²) in [6.45, 7) is 5.22. The van der Waals surface area contributed by atoms with E-state index in [0.717, 1.165) is 37.4 Å². The minimum atomic E-state index is -0.128. The average molecular weight is 260 g/mol. The summed E-state index contributed by atoms with van der Waals surface area (Å²) < 4.78 is 5.63. The van der Waals surface area contributed by atoms with Crippen molar-refractivity contribution in [1.82, 2.24) is 10.2 Å². The van der Waals surface area contributed by atoms with E-state index in [1.807, 2.05) is 29.2 Å². The van der Waals surface area contributed by atoms with Gasteiger partial charge in [0.1, 0.15) is 18.3 Å². The van der Waals surface area contributed by atoms with Crippen molar-refractivity contribution in [2.24, 2.45) is 0 Å². The third-order valence-corrected chi connectivity index (χ3v) is 4.10. The number of nitrogens with one attached hydrogen (secondary N) is 1. The number of fused-ring (bicyclic) bond motifs is 1. The smallest absolute Gasteiger partial charge is 0.234 e. The third-order valence-electron chi connectivity index (χ3n) is 4.10. The zero-order valence-electron chi connectivity index (χ0n) is 11.3. The highest BCUT2D eigenvalue weighted by Gasteiger charge is 2.35. The summed E-state index contributed by atoms with van der Waals surface area (Å²) in [6.07, 6.45) is 1.05. The number of benzene rings is 1. The number of carbonyl (C=O) groups excluding carboxylic acids is 1. The Bertz CT molecular complexity index is 469. The molecule has 1 saturated heterocycles. The van der Waals surface area contributed by atoms with Crippen molar-refractivity contribution in [3.8, 4) is 5.75 Å². The Morgan fingerprint density at radius 1 is 1.47 bits per heavy atom. The molecule has 0 saturated carbocycles. The van der Waals surface area contributed by atoms with Gasteiger partial charge in [-0.1, -0.05) is 18.2 Å². The maximum atomic E-state index is 12.7. The molecule has 102 valence electrons. The van der Waals surface area contributed by atoms with Crippen LogP contribution in [-0.2, 0) is 4.79 Å². The molecular formula is C15H20N2O2. The first-order valence-corrected chi connectivity index (χ1v) is 7.04. The van der Waals surface area contributed by atoms with Gasteiger partial charge in [0.15, 0.2) is 0 Å². The Labute approximate surface area is 113 Å². The second-order valence-corrected chi connectivity index (χ2v) is 5.17. The van der Waals surface area contributed by atoms with Crippen LogP contribution in [0.3, 0.4) is 0 Å². The van der Waals surface area contributed by atoms with E-state index in [2.05, 4.69) is 12.2 Å². The molecule has 4 nitrogen and oxygen atoms in total. The van der Waals surface area contributed by atoms with E-state index < -0.39 is 0 Å². The molecule has 2 aliphatic heterocycles. The molecule has 0 radical (unpaired) electrons. The van der Waals surface area contributed by atoms with Crippen molar-refractivity contribution in [2.45, 2.75) is 25.3 Å². The number of rotatable bonds is 3. The topological polar surface area (TPSA) is 41.6 Å². The highest BCUT2D eigenvalue weighted by atomic mass is 16.5. The Kier molecular flexibility index (Phi) is 3.42. The minimum Gasteiger partial charge on any atom is -0.492 e. The number of carbonyl (C=O) groups is 1. The minimum absolute atomic E-state index is 0.128. The number of para-hydroxylation sites is 1. The highest BCUT2D eigenvalue weighted by Crippen LogP contribution is 2.35. The number of nitrogens with zero attached hydrogens (tertiary/aromatic N) is 1. The fourth-order valence-electron chi connectivity index (χ4n) is 3.07. The third kappa shape index (κ3) is 2.21. The van der Waals surface area contributed by atoms with E-state index in [1.54, 1.807) is 0 Å². The van der Waals surface area contributed by atoms with Crippen LogP contribution >= 0.6 is 0 Å². The van der Waals surface area contributed by atoms with Crippen LogP contribution in [0, 0.1) is 0 Å². The van der Waals surface area contributed by atoms with Gasteiger partial charge in [-0.05, 0) is 26.0 Å². The molecule has 1 amide bonds. The van der Waals surface area contributed by atoms with Crippen LogP contribution in [0.1, 0.15) is 24.8 Å². The molecule has 0 bridgehead atoms. The number of hydrogen-bond donors (Lipinski definition) is 1. The van der Waals surface area contributed by atoms with Crippen molar-refractivity contribution >= 4 is 5.91 Å². The van der Waals surface area contributed by atoms with E-state index in [4.69, 9.17) is 4.74 Å².